The molecule has 0 atom stereocenters. The zero-order valence-electron chi connectivity index (χ0n) is 8.05. The number of allylic oxidation sites excluding steroid dienone is 2. The molecule has 0 heterocycles. The Morgan fingerprint density at radius 3 is 1.17 bits per heavy atom. The molecule has 0 amide bonds. The molecule has 0 aromatic rings. The van der Waals surface area contributed by atoms with Gasteiger partial charge in [-0.15, -0.1) is 0 Å². The largest absolute Gasteiger partial charge is 0.507 e. The van der Waals surface area contributed by atoms with Crippen LogP contribution in [0, 0.1) is 11.8 Å². The summed E-state index contributed by atoms with van der Waals surface area (Å²) in [6.07, 6.45) is 0. The first-order valence-corrected chi connectivity index (χ1v) is 4.33. The molecule has 0 radical (unpaired) electrons. The number of rotatable bonds is 2. The van der Waals surface area contributed by atoms with Gasteiger partial charge in [-0.3, -0.25) is 0 Å². The van der Waals surface area contributed by atoms with Crippen LogP contribution in [-0.2, 0) is 0 Å². The van der Waals surface area contributed by atoms with Gasteiger partial charge in [-0.25, -0.2) is 0 Å². The van der Waals surface area contributed by atoms with Crippen LogP contribution in [0.3, 0.4) is 0 Å². The van der Waals surface area contributed by atoms with Crippen LogP contribution in [0.25, 0.3) is 0 Å². The maximum Gasteiger partial charge on any atom is 0.129 e. The molecule has 68 valence electrons. The van der Waals surface area contributed by atoms with Crippen LogP contribution in [0.2, 0.25) is 0 Å². The average molecular weight is 168 g/mol. The molecule has 0 fully saturated rings. The topological polar surface area (TPSA) is 40.5 Å². The van der Waals surface area contributed by atoms with Crippen molar-refractivity contribution in [3.63, 3.8) is 0 Å². The highest BCUT2D eigenvalue weighted by molar-refractivity contribution is 5.54. The third-order valence-electron chi connectivity index (χ3n) is 2.18. The molecule has 0 spiro atoms. The van der Waals surface area contributed by atoms with Gasteiger partial charge in [0, 0.05) is 11.1 Å². The third-order valence-corrected chi connectivity index (χ3v) is 2.18. The maximum absolute atomic E-state index is 9.54. The molecule has 1 aliphatic rings. The van der Waals surface area contributed by atoms with Crippen LogP contribution in [0.1, 0.15) is 27.7 Å². The lowest BCUT2D eigenvalue weighted by Gasteiger charge is -2.28. The van der Waals surface area contributed by atoms with E-state index >= 15 is 0 Å². The molecule has 12 heavy (non-hydrogen) atoms. The van der Waals surface area contributed by atoms with Crippen LogP contribution >= 0.6 is 0 Å². The van der Waals surface area contributed by atoms with Gasteiger partial charge in [0.15, 0.2) is 0 Å². The monoisotopic (exact) mass is 168 g/mol. The molecular weight excluding hydrogens is 152 g/mol. The second-order valence-corrected chi connectivity index (χ2v) is 3.83. The first-order valence-electron chi connectivity index (χ1n) is 4.33. The highest BCUT2D eigenvalue weighted by Crippen LogP contribution is 2.40. The van der Waals surface area contributed by atoms with E-state index in [1.165, 1.54) is 0 Å². The summed E-state index contributed by atoms with van der Waals surface area (Å²) in [5, 5.41) is 19.1. The Bertz CT molecular complexity index is 218. The van der Waals surface area contributed by atoms with Gasteiger partial charge >= 0.3 is 0 Å². The zero-order valence-corrected chi connectivity index (χ0v) is 8.05. The van der Waals surface area contributed by atoms with Crippen LogP contribution in [0.5, 0.6) is 0 Å². The Balaban J connectivity index is 2.88. The lowest BCUT2D eigenvalue weighted by atomic mass is 9.81. The van der Waals surface area contributed by atoms with E-state index < -0.39 is 0 Å². The van der Waals surface area contributed by atoms with E-state index in [2.05, 4.69) is 0 Å². The van der Waals surface area contributed by atoms with Crippen molar-refractivity contribution in [1.29, 1.82) is 0 Å². The van der Waals surface area contributed by atoms with E-state index in [4.69, 9.17) is 0 Å². The van der Waals surface area contributed by atoms with E-state index in [0.29, 0.717) is 22.7 Å². The second kappa shape index (κ2) is 2.85. The lowest BCUT2D eigenvalue weighted by Crippen LogP contribution is -2.19. The fourth-order valence-electron chi connectivity index (χ4n) is 1.55. The van der Waals surface area contributed by atoms with E-state index in [9.17, 15) is 10.2 Å². The Morgan fingerprint density at radius 2 is 1.00 bits per heavy atom. The smallest absolute Gasteiger partial charge is 0.129 e. The van der Waals surface area contributed by atoms with Crippen LogP contribution in [-0.4, -0.2) is 10.2 Å². The minimum Gasteiger partial charge on any atom is -0.507 e. The molecule has 0 saturated carbocycles. The zero-order chi connectivity index (χ0) is 9.46. The Kier molecular flexibility index (Phi) is 2.18. The quantitative estimate of drug-likeness (QED) is 0.665. The fourth-order valence-corrected chi connectivity index (χ4v) is 1.55. The highest BCUT2D eigenvalue weighted by atomic mass is 16.3. The first kappa shape index (κ1) is 9.17. The predicted octanol–water partition coefficient (Wildman–Crippen LogP) is 2.94. The van der Waals surface area contributed by atoms with Crippen molar-refractivity contribution in [2.45, 2.75) is 27.7 Å². The van der Waals surface area contributed by atoms with Crippen molar-refractivity contribution in [2.75, 3.05) is 0 Å². The summed E-state index contributed by atoms with van der Waals surface area (Å²) in [4.78, 5) is 0. The van der Waals surface area contributed by atoms with E-state index in [0.717, 1.165) is 0 Å². The Morgan fingerprint density at radius 1 is 0.750 bits per heavy atom. The summed E-state index contributed by atoms with van der Waals surface area (Å²) in [6.45, 7) is 7.83. The fraction of sp³-hybridized carbons (Fsp3) is 0.600. The number of hydrogen-bond acceptors (Lipinski definition) is 2. The summed E-state index contributed by atoms with van der Waals surface area (Å²) < 4.78 is 0. The second-order valence-electron chi connectivity index (χ2n) is 3.83. The molecule has 0 aromatic heterocycles. The van der Waals surface area contributed by atoms with Gasteiger partial charge in [0.2, 0.25) is 0 Å². The van der Waals surface area contributed by atoms with E-state index in [1.807, 2.05) is 27.7 Å². The van der Waals surface area contributed by atoms with Crippen LogP contribution in [0.4, 0.5) is 0 Å². The van der Waals surface area contributed by atoms with Gasteiger partial charge < -0.3 is 10.2 Å². The van der Waals surface area contributed by atoms with Crippen molar-refractivity contribution >= 4 is 0 Å². The number of aliphatic hydroxyl groups excluding tert-OH is 2. The standard InChI is InChI=1S/C10H16O2/c1-5(2)7-9(11)8(6(3)4)10(7)12/h5-6,11-12H,1-4H3. The average Bonchev–Trinajstić information content (AvgIpc) is 1.84. The minimum atomic E-state index is 0.201. The van der Waals surface area contributed by atoms with Crippen molar-refractivity contribution in [1.82, 2.24) is 0 Å². The molecule has 0 bridgehead atoms. The molecule has 1 rings (SSSR count). The minimum absolute atomic E-state index is 0.201. The van der Waals surface area contributed by atoms with Crippen molar-refractivity contribution in [3.8, 4) is 0 Å². The summed E-state index contributed by atoms with van der Waals surface area (Å²) in [6, 6.07) is 0. The number of aliphatic hydroxyl groups is 2. The van der Waals surface area contributed by atoms with E-state index in [1.54, 1.807) is 0 Å². The molecule has 2 heteroatoms. The van der Waals surface area contributed by atoms with Crippen molar-refractivity contribution in [2.24, 2.45) is 11.8 Å². The summed E-state index contributed by atoms with van der Waals surface area (Å²) >= 11 is 0. The van der Waals surface area contributed by atoms with Crippen LogP contribution < -0.4 is 0 Å². The molecule has 0 aliphatic heterocycles. The summed E-state index contributed by atoms with van der Waals surface area (Å²) in [5.74, 6) is 1.01. The van der Waals surface area contributed by atoms with Gasteiger partial charge in [-0.1, -0.05) is 27.7 Å². The van der Waals surface area contributed by atoms with Gasteiger partial charge in [0.1, 0.15) is 11.5 Å². The molecular formula is C10H16O2. The van der Waals surface area contributed by atoms with Crippen molar-refractivity contribution < 1.29 is 10.2 Å². The highest BCUT2D eigenvalue weighted by Gasteiger charge is 2.32. The number of hydrogen-bond donors (Lipinski definition) is 2. The lowest BCUT2D eigenvalue weighted by molar-refractivity contribution is 0.317. The first-order chi connectivity index (χ1) is 5.46. The SMILES string of the molecule is CC(C)C1=C(O)C(C(C)C)=C1O. The maximum atomic E-state index is 9.54. The van der Waals surface area contributed by atoms with Gasteiger partial charge in [0.05, 0.1) is 0 Å². The molecule has 0 saturated heterocycles. The summed E-state index contributed by atoms with van der Waals surface area (Å²) in [5.41, 5.74) is 1.41. The Hall–Kier alpha value is -0.920. The third kappa shape index (κ3) is 1.11. The molecule has 0 unspecified atom stereocenters. The normalized spacial score (nSPS) is 17.8. The summed E-state index contributed by atoms with van der Waals surface area (Å²) in [7, 11) is 0. The molecule has 2 N–H and O–H groups in total. The van der Waals surface area contributed by atoms with Gasteiger partial charge in [0.25, 0.3) is 0 Å². The molecule has 2 nitrogen and oxygen atoms in total. The predicted molar refractivity (Wildman–Crippen MR) is 49.0 cm³/mol. The van der Waals surface area contributed by atoms with Crippen LogP contribution in [0.15, 0.2) is 22.7 Å². The van der Waals surface area contributed by atoms with Gasteiger partial charge in [-0.2, -0.15) is 0 Å². The van der Waals surface area contributed by atoms with Crippen molar-refractivity contribution in [3.05, 3.63) is 22.7 Å². The Labute approximate surface area is 73.2 Å². The van der Waals surface area contributed by atoms with E-state index in [-0.39, 0.29) is 11.8 Å². The molecule has 0 aromatic carbocycles. The van der Waals surface area contributed by atoms with Gasteiger partial charge in [-0.05, 0) is 11.8 Å². The molecule has 1 aliphatic carbocycles.